The van der Waals surface area contributed by atoms with Crippen molar-refractivity contribution in [3.8, 4) is 0 Å². The van der Waals surface area contributed by atoms with Gasteiger partial charge < -0.3 is 10.2 Å². The van der Waals surface area contributed by atoms with Crippen LogP contribution in [0, 0.1) is 5.41 Å². The van der Waals surface area contributed by atoms with Crippen LogP contribution in [0.3, 0.4) is 0 Å². The fourth-order valence-corrected chi connectivity index (χ4v) is 2.57. The Morgan fingerprint density at radius 2 is 1.86 bits per heavy atom. The molecule has 0 aromatic carbocycles. The Hall–Kier alpha value is -0.870. The lowest BCUT2D eigenvalue weighted by molar-refractivity contribution is 0.254. The van der Waals surface area contributed by atoms with Crippen LogP contribution in [0.2, 0.25) is 0 Å². The van der Waals surface area contributed by atoms with E-state index in [4.69, 9.17) is 0 Å². The molecule has 0 saturated heterocycles. The summed E-state index contributed by atoms with van der Waals surface area (Å²) in [6.07, 6.45) is 6.26. The first-order chi connectivity index (χ1) is 9.57. The van der Waals surface area contributed by atoms with Gasteiger partial charge in [0.2, 0.25) is 0 Å². The molecule has 3 nitrogen and oxygen atoms in total. The number of allylic oxidation sites excluding steroid dienone is 4. The van der Waals surface area contributed by atoms with Gasteiger partial charge in [-0.1, -0.05) is 39.5 Å². The fraction of sp³-hybridized carbons (Fsp3) is 0.647. The maximum atomic E-state index is 3.98. The highest BCUT2D eigenvalue weighted by Gasteiger charge is 2.26. The Kier molecular flexibility index (Phi) is 8.83. The maximum absolute atomic E-state index is 3.98. The van der Waals surface area contributed by atoms with Gasteiger partial charge in [-0.2, -0.15) is 0 Å². The Morgan fingerprint density at radius 3 is 2.24 bits per heavy atom. The number of rotatable bonds is 8. The molecular weight excluding hydrogens is 278 g/mol. The van der Waals surface area contributed by atoms with Crippen LogP contribution in [0.1, 0.15) is 34.6 Å². The Morgan fingerprint density at radius 1 is 1.29 bits per heavy atom. The molecule has 0 aliphatic rings. The third kappa shape index (κ3) is 8.89. The third-order valence-electron chi connectivity index (χ3n) is 3.03. The second-order valence-electron chi connectivity index (χ2n) is 6.67. The summed E-state index contributed by atoms with van der Waals surface area (Å²) in [5.74, 6) is 0. The monoisotopic (exact) mass is 311 g/mol. The number of hydrogen-bond donors (Lipinski definition) is 1. The van der Waals surface area contributed by atoms with Crippen LogP contribution in [0.25, 0.3) is 0 Å². The molecule has 0 fully saturated rings. The molecule has 1 unspecified atom stereocenters. The minimum atomic E-state index is 0.180. The third-order valence-corrected chi connectivity index (χ3v) is 4.18. The Bertz CT molecular complexity index is 378. The molecular formula is C17H33N3S. The fourth-order valence-electron chi connectivity index (χ4n) is 1.73. The van der Waals surface area contributed by atoms with Gasteiger partial charge in [0, 0.05) is 32.4 Å². The van der Waals surface area contributed by atoms with Crippen molar-refractivity contribution in [2.75, 3.05) is 27.7 Å². The molecule has 0 amide bonds. The van der Waals surface area contributed by atoms with E-state index in [1.54, 1.807) is 11.9 Å². The zero-order chi connectivity index (χ0) is 16.6. The van der Waals surface area contributed by atoms with Gasteiger partial charge in [0.15, 0.2) is 0 Å². The normalized spacial score (nSPS) is 14.6. The van der Waals surface area contributed by atoms with Crippen molar-refractivity contribution < 1.29 is 0 Å². The van der Waals surface area contributed by atoms with Crippen LogP contribution >= 0.6 is 11.9 Å². The van der Waals surface area contributed by atoms with Gasteiger partial charge in [-0.25, -0.2) is 4.31 Å². The van der Waals surface area contributed by atoms with Crippen molar-refractivity contribution in [2.45, 2.75) is 40.7 Å². The molecule has 21 heavy (non-hydrogen) atoms. The van der Waals surface area contributed by atoms with Gasteiger partial charge in [0.05, 0.1) is 5.03 Å². The van der Waals surface area contributed by atoms with Crippen LogP contribution in [-0.2, 0) is 0 Å². The summed E-state index contributed by atoms with van der Waals surface area (Å²) in [7, 11) is 6.28. The van der Waals surface area contributed by atoms with Gasteiger partial charge in [0.1, 0.15) is 0 Å². The molecule has 0 saturated carbocycles. The van der Waals surface area contributed by atoms with E-state index in [1.807, 2.05) is 19.9 Å². The molecule has 1 atom stereocenters. The quantitative estimate of drug-likeness (QED) is 0.537. The van der Waals surface area contributed by atoms with Crippen LogP contribution in [0.4, 0.5) is 0 Å². The smallest absolute Gasteiger partial charge is 0.0857 e. The summed E-state index contributed by atoms with van der Waals surface area (Å²) in [5.41, 5.74) is 1.20. The van der Waals surface area contributed by atoms with Crippen molar-refractivity contribution in [1.82, 2.24) is 14.5 Å². The van der Waals surface area contributed by atoms with E-state index in [0.29, 0.717) is 6.04 Å². The highest BCUT2D eigenvalue weighted by atomic mass is 32.2. The average molecular weight is 312 g/mol. The number of hydrogen-bond acceptors (Lipinski definition) is 4. The first-order valence-electron chi connectivity index (χ1n) is 7.39. The predicted molar refractivity (Wildman–Crippen MR) is 98.0 cm³/mol. The maximum Gasteiger partial charge on any atom is 0.0857 e. The molecule has 4 heteroatoms. The summed E-state index contributed by atoms with van der Waals surface area (Å²) in [5, 5.41) is 4.72. The van der Waals surface area contributed by atoms with Gasteiger partial charge in [-0.05, 0) is 44.3 Å². The zero-order valence-corrected chi connectivity index (χ0v) is 15.8. The Labute approximate surface area is 136 Å². The highest BCUT2D eigenvalue weighted by Crippen LogP contribution is 2.26. The molecule has 0 aliphatic carbocycles. The summed E-state index contributed by atoms with van der Waals surface area (Å²) in [6.45, 7) is 15.8. The minimum absolute atomic E-state index is 0.180. The second kappa shape index (κ2) is 9.21. The standard InChI is InChI=1S/C17H33N3S/c1-10-11-12-16(19(7)8)21-20(9)13-15(17(4,5)6)18-14(2)3/h10-12,15,18H,2,13H2,1,3-9H3/b11-10-,16-12+. The SMILES string of the molecule is C=C(C)NC(CN(C)S/C(=C/C=C\C)N(C)C)C(C)(C)C. The molecule has 0 aromatic rings. The molecule has 0 aromatic heterocycles. The second-order valence-corrected chi connectivity index (χ2v) is 7.89. The lowest BCUT2D eigenvalue weighted by Gasteiger charge is -2.35. The first kappa shape index (κ1) is 20.1. The van der Waals surface area contributed by atoms with Crippen molar-refractivity contribution >= 4 is 11.9 Å². The van der Waals surface area contributed by atoms with E-state index in [-0.39, 0.29) is 5.41 Å². The summed E-state index contributed by atoms with van der Waals surface area (Å²) in [4.78, 5) is 2.14. The Balaban J connectivity index is 4.82. The lowest BCUT2D eigenvalue weighted by Crippen LogP contribution is -2.45. The highest BCUT2D eigenvalue weighted by molar-refractivity contribution is 8.00. The molecule has 1 N–H and O–H groups in total. The van der Waals surface area contributed by atoms with Crippen LogP contribution in [0.15, 0.2) is 35.5 Å². The molecule has 0 radical (unpaired) electrons. The minimum Gasteiger partial charge on any atom is -0.384 e. The predicted octanol–water partition coefficient (Wildman–Crippen LogP) is 4.08. The number of nitrogens with one attached hydrogen (secondary N) is 1. The molecule has 122 valence electrons. The largest absolute Gasteiger partial charge is 0.384 e. The molecule has 0 spiro atoms. The van der Waals surface area contributed by atoms with Crippen molar-refractivity contribution in [2.24, 2.45) is 5.41 Å². The van der Waals surface area contributed by atoms with E-state index >= 15 is 0 Å². The zero-order valence-electron chi connectivity index (χ0n) is 15.0. The van der Waals surface area contributed by atoms with Crippen LogP contribution in [0.5, 0.6) is 0 Å². The molecule has 0 bridgehead atoms. The van der Waals surface area contributed by atoms with Gasteiger partial charge >= 0.3 is 0 Å². The first-order valence-corrected chi connectivity index (χ1v) is 8.16. The number of nitrogens with zero attached hydrogens (tertiary/aromatic N) is 2. The van der Waals surface area contributed by atoms with E-state index in [2.05, 4.69) is 75.2 Å². The van der Waals surface area contributed by atoms with Crippen LogP contribution < -0.4 is 5.32 Å². The summed E-state index contributed by atoms with van der Waals surface area (Å²) >= 11 is 1.76. The summed E-state index contributed by atoms with van der Waals surface area (Å²) < 4.78 is 2.28. The van der Waals surface area contributed by atoms with E-state index in [9.17, 15) is 0 Å². The van der Waals surface area contributed by atoms with Gasteiger partial charge in [-0.15, -0.1) is 0 Å². The molecule has 0 rings (SSSR count). The molecule has 0 heterocycles. The summed E-state index contributed by atoms with van der Waals surface area (Å²) in [6, 6.07) is 0.359. The van der Waals surface area contributed by atoms with Crippen molar-refractivity contribution in [3.05, 3.63) is 35.5 Å². The van der Waals surface area contributed by atoms with E-state index in [1.165, 1.54) is 5.03 Å². The van der Waals surface area contributed by atoms with Crippen LogP contribution in [-0.4, -0.2) is 42.9 Å². The van der Waals surface area contributed by atoms with Gasteiger partial charge in [-0.3, -0.25) is 0 Å². The van der Waals surface area contributed by atoms with E-state index < -0.39 is 0 Å². The van der Waals surface area contributed by atoms with Crippen molar-refractivity contribution in [1.29, 1.82) is 0 Å². The lowest BCUT2D eigenvalue weighted by atomic mass is 9.86. The number of likely N-dealkylation sites (N-methyl/N-ethyl adjacent to an activating group) is 1. The topological polar surface area (TPSA) is 18.5 Å². The van der Waals surface area contributed by atoms with E-state index in [0.717, 1.165) is 12.2 Å². The average Bonchev–Trinajstić information content (AvgIpc) is 2.31. The molecule has 0 aliphatic heterocycles. The van der Waals surface area contributed by atoms with Crippen molar-refractivity contribution in [3.63, 3.8) is 0 Å². The van der Waals surface area contributed by atoms with Gasteiger partial charge in [0.25, 0.3) is 0 Å².